The Morgan fingerprint density at radius 1 is 1.33 bits per heavy atom. The number of aryl methyl sites for hydroxylation is 1. The van der Waals surface area contributed by atoms with Gasteiger partial charge in [-0.15, -0.1) is 0 Å². The molecule has 3 heteroatoms. The van der Waals surface area contributed by atoms with Gasteiger partial charge in [-0.2, -0.15) is 0 Å². The summed E-state index contributed by atoms with van der Waals surface area (Å²) in [4.78, 5) is 6.70. The molecule has 1 aromatic heterocycles. The first-order valence-electron chi connectivity index (χ1n) is 7.10. The van der Waals surface area contributed by atoms with Gasteiger partial charge in [-0.25, -0.2) is 0 Å². The smallest absolute Gasteiger partial charge is 0.0433 e. The zero-order chi connectivity index (χ0) is 12.6. The Balaban J connectivity index is 1.61. The molecule has 3 nitrogen and oxygen atoms in total. The molecule has 1 fully saturated rings. The second-order valence-electron chi connectivity index (χ2n) is 5.26. The van der Waals surface area contributed by atoms with E-state index in [2.05, 4.69) is 16.0 Å². The van der Waals surface area contributed by atoms with Gasteiger partial charge in [-0.3, -0.25) is 4.98 Å². The number of hydrogen-bond donors (Lipinski definition) is 1. The Morgan fingerprint density at radius 2 is 2.17 bits per heavy atom. The summed E-state index contributed by atoms with van der Waals surface area (Å²) in [6.45, 7) is 3.96. The summed E-state index contributed by atoms with van der Waals surface area (Å²) in [5, 5.41) is 8.93. The maximum atomic E-state index is 8.93. The van der Waals surface area contributed by atoms with E-state index in [0.717, 1.165) is 18.8 Å². The fraction of sp³-hybridized carbons (Fsp3) is 0.667. The average molecular weight is 248 g/mol. The summed E-state index contributed by atoms with van der Waals surface area (Å²) in [5.74, 6) is 0.754. The quantitative estimate of drug-likeness (QED) is 0.837. The number of piperidine rings is 1. The van der Waals surface area contributed by atoms with Gasteiger partial charge in [0.05, 0.1) is 0 Å². The third-order valence-corrected chi connectivity index (χ3v) is 3.91. The number of aliphatic hydroxyl groups is 1. The van der Waals surface area contributed by atoms with Crippen LogP contribution in [0.4, 0.5) is 0 Å². The van der Waals surface area contributed by atoms with Crippen LogP contribution in [0.5, 0.6) is 0 Å². The highest BCUT2D eigenvalue weighted by atomic mass is 16.3. The van der Waals surface area contributed by atoms with Crippen LogP contribution in [-0.2, 0) is 6.42 Å². The fourth-order valence-corrected chi connectivity index (χ4v) is 2.73. The SMILES string of the molecule is OCCC1CCN(CCCc2cccnc2)CC1. The molecular formula is C15H24N2O. The predicted molar refractivity (Wildman–Crippen MR) is 73.4 cm³/mol. The van der Waals surface area contributed by atoms with Gasteiger partial charge in [0.25, 0.3) is 0 Å². The lowest BCUT2D eigenvalue weighted by Gasteiger charge is -2.31. The van der Waals surface area contributed by atoms with E-state index < -0.39 is 0 Å². The highest BCUT2D eigenvalue weighted by Gasteiger charge is 2.17. The lowest BCUT2D eigenvalue weighted by molar-refractivity contribution is 0.157. The number of pyridine rings is 1. The number of likely N-dealkylation sites (tertiary alicyclic amines) is 1. The first-order valence-corrected chi connectivity index (χ1v) is 7.10. The van der Waals surface area contributed by atoms with Crippen LogP contribution in [0.3, 0.4) is 0 Å². The third-order valence-electron chi connectivity index (χ3n) is 3.91. The van der Waals surface area contributed by atoms with Crippen molar-refractivity contribution < 1.29 is 5.11 Å². The molecule has 0 unspecified atom stereocenters. The molecule has 1 aliphatic rings. The summed E-state index contributed by atoms with van der Waals surface area (Å²) < 4.78 is 0. The van der Waals surface area contributed by atoms with Crippen LogP contribution in [0.25, 0.3) is 0 Å². The predicted octanol–water partition coefficient (Wildman–Crippen LogP) is 2.11. The molecule has 0 spiro atoms. The molecule has 2 heterocycles. The van der Waals surface area contributed by atoms with Crippen LogP contribution in [0, 0.1) is 5.92 Å². The summed E-state index contributed by atoms with van der Waals surface area (Å²) in [7, 11) is 0. The van der Waals surface area contributed by atoms with E-state index in [4.69, 9.17) is 5.11 Å². The molecule has 0 bridgehead atoms. The van der Waals surface area contributed by atoms with Gasteiger partial charge >= 0.3 is 0 Å². The molecule has 18 heavy (non-hydrogen) atoms. The lowest BCUT2D eigenvalue weighted by atomic mass is 9.94. The van der Waals surface area contributed by atoms with Crippen molar-refractivity contribution in [3.05, 3.63) is 30.1 Å². The molecule has 1 aliphatic heterocycles. The van der Waals surface area contributed by atoms with Crippen molar-refractivity contribution in [2.75, 3.05) is 26.2 Å². The van der Waals surface area contributed by atoms with Crippen molar-refractivity contribution in [1.29, 1.82) is 0 Å². The molecular weight excluding hydrogens is 224 g/mol. The molecule has 100 valence electrons. The van der Waals surface area contributed by atoms with Crippen molar-refractivity contribution in [2.24, 2.45) is 5.92 Å². The third kappa shape index (κ3) is 4.39. The maximum Gasteiger partial charge on any atom is 0.0433 e. The van der Waals surface area contributed by atoms with Crippen LogP contribution < -0.4 is 0 Å². The van der Waals surface area contributed by atoms with Crippen molar-refractivity contribution in [3.8, 4) is 0 Å². The van der Waals surface area contributed by atoms with E-state index in [1.54, 1.807) is 0 Å². The number of hydrogen-bond acceptors (Lipinski definition) is 3. The first-order chi connectivity index (χ1) is 8.88. The Hall–Kier alpha value is -0.930. The van der Waals surface area contributed by atoms with Crippen LogP contribution >= 0.6 is 0 Å². The summed E-state index contributed by atoms with van der Waals surface area (Å²) in [6, 6.07) is 4.16. The molecule has 2 rings (SSSR count). The number of aliphatic hydroxyl groups excluding tert-OH is 1. The van der Waals surface area contributed by atoms with Gasteiger partial charge in [0.15, 0.2) is 0 Å². The minimum absolute atomic E-state index is 0.353. The monoisotopic (exact) mass is 248 g/mol. The van der Waals surface area contributed by atoms with E-state index in [1.807, 2.05) is 18.5 Å². The van der Waals surface area contributed by atoms with Crippen LogP contribution in [-0.4, -0.2) is 41.2 Å². The van der Waals surface area contributed by atoms with Crippen LogP contribution in [0.15, 0.2) is 24.5 Å². The van der Waals surface area contributed by atoms with Gasteiger partial charge in [0, 0.05) is 19.0 Å². The molecule has 0 aromatic carbocycles. The number of nitrogens with zero attached hydrogens (tertiary/aromatic N) is 2. The van der Waals surface area contributed by atoms with E-state index in [-0.39, 0.29) is 0 Å². The standard InChI is InChI=1S/C15H24N2O/c18-12-7-14-5-10-17(11-6-14)9-2-4-15-3-1-8-16-13-15/h1,3,8,13-14,18H,2,4-7,9-12H2. The molecule has 1 N–H and O–H groups in total. The Morgan fingerprint density at radius 3 is 2.83 bits per heavy atom. The van der Waals surface area contributed by atoms with E-state index in [1.165, 1.54) is 44.5 Å². The van der Waals surface area contributed by atoms with E-state index >= 15 is 0 Å². The van der Waals surface area contributed by atoms with Crippen molar-refractivity contribution in [1.82, 2.24) is 9.88 Å². The van der Waals surface area contributed by atoms with E-state index in [0.29, 0.717) is 6.61 Å². The van der Waals surface area contributed by atoms with Crippen molar-refractivity contribution in [3.63, 3.8) is 0 Å². The number of aromatic nitrogens is 1. The minimum atomic E-state index is 0.353. The number of rotatable bonds is 6. The largest absolute Gasteiger partial charge is 0.396 e. The average Bonchev–Trinajstić information content (AvgIpc) is 2.42. The topological polar surface area (TPSA) is 36.4 Å². The second-order valence-corrected chi connectivity index (χ2v) is 5.26. The van der Waals surface area contributed by atoms with Gasteiger partial charge in [0.1, 0.15) is 0 Å². The van der Waals surface area contributed by atoms with E-state index in [9.17, 15) is 0 Å². The highest BCUT2D eigenvalue weighted by molar-refractivity contribution is 5.08. The molecule has 0 amide bonds. The van der Waals surface area contributed by atoms with Gasteiger partial charge in [0.2, 0.25) is 0 Å². The minimum Gasteiger partial charge on any atom is -0.396 e. The maximum absolute atomic E-state index is 8.93. The van der Waals surface area contributed by atoms with Gasteiger partial charge in [-0.1, -0.05) is 6.07 Å². The normalized spacial score (nSPS) is 18.1. The highest BCUT2D eigenvalue weighted by Crippen LogP contribution is 2.20. The second kappa shape index (κ2) is 7.49. The summed E-state index contributed by atoms with van der Waals surface area (Å²) in [6.07, 6.45) is 9.65. The molecule has 0 atom stereocenters. The van der Waals surface area contributed by atoms with Gasteiger partial charge < -0.3 is 10.0 Å². The molecule has 0 radical (unpaired) electrons. The molecule has 1 saturated heterocycles. The zero-order valence-electron chi connectivity index (χ0n) is 11.1. The van der Waals surface area contributed by atoms with Crippen LogP contribution in [0.1, 0.15) is 31.2 Å². The Bertz CT molecular complexity index is 321. The first kappa shape index (κ1) is 13.5. The Labute approximate surface area is 110 Å². The molecule has 1 aromatic rings. The molecule has 0 saturated carbocycles. The van der Waals surface area contributed by atoms with Crippen LogP contribution in [0.2, 0.25) is 0 Å². The molecule has 0 aliphatic carbocycles. The van der Waals surface area contributed by atoms with Crippen molar-refractivity contribution in [2.45, 2.75) is 32.1 Å². The Kier molecular flexibility index (Phi) is 5.62. The lowest BCUT2D eigenvalue weighted by Crippen LogP contribution is -2.34. The van der Waals surface area contributed by atoms with Crippen molar-refractivity contribution >= 4 is 0 Å². The summed E-state index contributed by atoms with van der Waals surface area (Å²) in [5.41, 5.74) is 1.34. The fourth-order valence-electron chi connectivity index (χ4n) is 2.73. The summed E-state index contributed by atoms with van der Waals surface area (Å²) >= 11 is 0. The zero-order valence-corrected chi connectivity index (χ0v) is 11.1. The van der Waals surface area contributed by atoms with Gasteiger partial charge in [-0.05, 0) is 69.3 Å².